The van der Waals surface area contributed by atoms with Crippen molar-refractivity contribution in [3.8, 4) is 39.2 Å². The smallest absolute Gasteiger partial charge is 0.157 e. The molecule has 0 bridgehead atoms. The van der Waals surface area contributed by atoms with Crippen LogP contribution in [0.2, 0.25) is 0 Å². The first-order chi connectivity index (χ1) is 26.2. The van der Waals surface area contributed by atoms with Gasteiger partial charge in [0.25, 0.3) is 0 Å². The lowest BCUT2D eigenvalue weighted by atomic mass is 9.87. The molecule has 3 aromatic heterocycles. The van der Waals surface area contributed by atoms with Crippen LogP contribution in [0, 0.1) is 0 Å². The number of benzene rings is 7. The third-order valence-electron chi connectivity index (χ3n) is 10.9. The van der Waals surface area contributed by atoms with Gasteiger partial charge in [-0.2, -0.15) is 0 Å². The van der Waals surface area contributed by atoms with Gasteiger partial charge in [0.1, 0.15) is 10.3 Å². The van der Waals surface area contributed by atoms with Crippen LogP contribution in [0.25, 0.3) is 104 Å². The van der Waals surface area contributed by atoms with Crippen LogP contribution in [0.3, 0.4) is 0 Å². The van der Waals surface area contributed by atoms with Crippen LogP contribution in [0.15, 0.2) is 158 Å². The van der Waals surface area contributed by atoms with E-state index in [1.54, 1.807) is 11.3 Å². The highest BCUT2D eigenvalue weighted by molar-refractivity contribution is 7.25. The molecular weight excluding hydrogens is 663 g/mol. The lowest BCUT2D eigenvalue weighted by Crippen LogP contribution is -2.01. The Hall–Kier alpha value is -6.62. The average Bonchev–Trinajstić information content (AvgIpc) is 3.73. The molecule has 4 heteroatoms. The molecule has 53 heavy (non-hydrogen) atoms. The largest absolute Gasteiger partial charge is 0.292 e. The van der Waals surface area contributed by atoms with Crippen molar-refractivity contribution >= 4 is 76.0 Å². The van der Waals surface area contributed by atoms with E-state index < -0.39 is 0 Å². The van der Waals surface area contributed by atoms with Gasteiger partial charge in [0.15, 0.2) is 5.82 Å². The average molecular weight is 694 g/mol. The van der Waals surface area contributed by atoms with E-state index in [0.717, 1.165) is 49.3 Å². The van der Waals surface area contributed by atoms with E-state index in [1.165, 1.54) is 65.2 Å². The Labute approximate surface area is 310 Å². The topological polar surface area (TPSA) is 30.7 Å². The Morgan fingerprint density at radius 3 is 2.02 bits per heavy atom. The van der Waals surface area contributed by atoms with E-state index in [-0.39, 0.29) is 0 Å². The fourth-order valence-electron chi connectivity index (χ4n) is 8.63. The zero-order valence-corrected chi connectivity index (χ0v) is 29.8. The second-order valence-electron chi connectivity index (χ2n) is 13.7. The molecule has 0 atom stereocenters. The Morgan fingerprint density at radius 1 is 0.623 bits per heavy atom. The van der Waals surface area contributed by atoms with Crippen molar-refractivity contribution in [2.45, 2.75) is 6.92 Å². The fourth-order valence-corrected chi connectivity index (χ4v) is 9.63. The quantitative estimate of drug-likeness (QED) is 0.184. The fraction of sp³-hybridized carbons (Fsp3) is 0.0204. The molecule has 11 rings (SSSR count). The predicted molar refractivity (Wildman–Crippen MR) is 226 cm³/mol. The molecule has 248 valence electrons. The third kappa shape index (κ3) is 4.33. The number of aromatic nitrogens is 3. The van der Waals surface area contributed by atoms with Crippen LogP contribution in [0.5, 0.6) is 0 Å². The molecule has 0 unspecified atom stereocenters. The Kier molecular flexibility index (Phi) is 6.49. The first kappa shape index (κ1) is 30.0. The van der Waals surface area contributed by atoms with E-state index in [0.29, 0.717) is 0 Å². The highest BCUT2D eigenvalue weighted by Gasteiger charge is 2.29. The summed E-state index contributed by atoms with van der Waals surface area (Å²) in [6.45, 7) is 6.43. The Balaban J connectivity index is 1.35. The number of nitrogens with zero attached hydrogens (tertiary/aromatic N) is 3. The molecule has 0 N–H and O–H groups in total. The molecule has 0 saturated heterocycles. The minimum Gasteiger partial charge on any atom is -0.292 e. The molecule has 3 nitrogen and oxygen atoms in total. The zero-order valence-electron chi connectivity index (χ0n) is 29.0. The van der Waals surface area contributed by atoms with Crippen LogP contribution in [0.4, 0.5) is 0 Å². The zero-order chi connectivity index (χ0) is 35.2. The van der Waals surface area contributed by atoms with Gasteiger partial charge < -0.3 is 0 Å². The standard InChI is InChI=1S/C49H31N3S/c1-3-29-19-13-21-37-39-25-34(31-16-9-6-10-17-31)27-41-46(39)45-38(35(4-2)44(29)37)24-33(30-14-7-5-8-15-30)26-40(45)52(41)43-28-50-49-48(51-43)47-36-20-12-11-18-32(36)22-23-42(47)53-49/h3-28H,1H2,2H3/b35-4-. The number of allylic oxidation sites excluding steroid dienone is 1. The Morgan fingerprint density at radius 2 is 1.30 bits per heavy atom. The maximum atomic E-state index is 5.56. The van der Waals surface area contributed by atoms with E-state index in [9.17, 15) is 0 Å². The molecule has 0 fully saturated rings. The number of thiophene rings is 1. The van der Waals surface area contributed by atoms with Gasteiger partial charge in [0.2, 0.25) is 0 Å². The van der Waals surface area contributed by atoms with Gasteiger partial charge in [-0.1, -0.05) is 128 Å². The normalized spacial score (nSPS) is 13.1. The maximum absolute atomic E-state index is 5.56. The molecule has 3 heterocycles. The van der Waals surface area contributed by atoms with Gasteiger partial charge in [-0.15, -0.1) is 11.3 Å². The summed E-state index contributed by atoms with van der Waals surface area (Å²) >= 11 is 1.71. The number of hydrogen-bond acceptors (Lipinski definition) is 3. The van der Waals surface area contributed by atoms with Crippen LogP contribution in [0.1, 0.15) is 23.6 Å². The van der Waals surface area contributed by atoms with Gasteiger partial charge in [0, 0.05) is 20.9 Å². The van der Waals surface area contributed by atoms with Crippen LogP contribution < -0.4 is 0 Å². The Bertz CT molecular complexity index is 3180. The first-order valence-electron chi connectivity index (χ1n) is 18.0. The van der Waals surface area contributed by atoms with E-state index >= 15 is 0 Å². The molecule has 0 aliphatic heterocycles. The summed E-state index contributed by atoms with van der Waals surface area (Å²) in [5.74, 6) is 0.806. The second-order valence-corrected chi connectivity index (χ2v) is 14.8. The molecular formula is C49H31N3S. The van der Waals surface area contributed by atoms with Crippen molar-refractivity contribution in [1.29, 1.82) is 0 Å². The van der Waals surface area contributed by atoms with Gasteiger partial charge in [0.05, 0.1) is 17.2 Å². The highest BCUT2D eigenvalue weighted by atomic mass is 32.1. The van der Waals surface area contributed by atoms with Crippen LogP contribution in [-0.2, 0) is 0 Å². The van der Waals surface area contributed by atoms with Crippen molar-refractivity contribution in [2.24, 2.45) is 0 Å². The minimum absolute atomic E-state index is 0.806. The van der Waals surface area contributed by atoms with Crippen molar-refractivity contribution in [1.82, 2.24) is 14.5 Å². The first-order valence-corrected chi connectivity index (χ1v) is 18.8. The van der Waals surface area contributed by atoms with Gasteiger partial charge in [-0.25, -0.2) is 9.97 Å². The lowest BCUT2D eigenvalue weighted by molar-refractivity contribution is 1.08. The monoisotopic (exact) mass is 693 g/mol. The number of rotatable bonds is 4. The molecule has 0 spiro atoms. The molecule has 1 aliphatic rings. The maximum Gasteiger partial charge on any atom is 0.157 e. The van der Waals surface area contributed by atoms with Gasteiger partial charge >= 0.3 is 0 Å². The summed E-state index contributed by atoms with van der Waals surface area (Å²) in [5, 5.41) is 6.01. The summed E-state index contributed by atoms with van der Waals surface area (Å²) < 4.78 is 3.56. The number of fused-ring (bicyclic) bond motifs is 7. The summed E-state index contributed by atoms with van der Waals surface area (Å²) in [7, 11) is 0. The minimum atomic E-state index is 0.806. The SMILES string of the molecule is C=Cc1cccc2c1/C(=C\C)c1cc(-c3ccccc3)cc3c1c1c-2cc(-c2ccccc2)cc1n3-c1cnc2sc3ccc4ccccc4c3c2n1. The van der Waals surface area contributed by atoms with Crippen molar-refractivity contribution < 1.29 is 0 Å². The molecule has 0 amide bonds. The van der Waals surface area contributed by atoms with Gasteiger partial charge in [-0.3, -0.25) is 4.57 Å². The molecule has 10 aromatic rings. The number of hydrogen-bond donors (Lipinski definition) is 0. The molecule has 0 radical (unpaired) electrons. The van der Waals surface area contributed by atoms with Crippen molar-refractivity contribution in [2.75, 3.05) is 0 Å². The van der Waals surface area contributed by atoms with Crippen LogP contribution >= 0.6 is 11.3 Å². The van der Waals surface area contributed by atoms with Crippen molar-refractivity contribution in [3.05, 3.63) is 175 Å². The highest BCUT2D eigenvalue weighted by Crippen LogP contribution is 2.51. The van der Waals surface area contributed by atoms with E-state index in [1.807, 2.05) is 12.3 Å². The third-order valence-corrected chi connectivity index (χ3v) is 12.0. The predicted octanol–water partition coefficient (Wildman–Crippen LogP) is 13.5. The van der Waals surface area contributed by atoms with Crippen molar-refractivity contribution in [3.63, 3.8) is 0 Å². The molecule has 0 saturated carbocycles. The molecule has 7 aromatic carbocycles. The second kappa shape index (κ2) is 11.4. The summed E-state index contributed by atoms with van der Waals surface area (Å²) in [4.78, 5) is 11.6. The van der Waals surface area contributed by atoms with Crippen LogP contribution in [-0.4, -0.2) is 14.5 Å². The summed E-state index contributed by atoms with van der Waals surface area (Å²) in [6.07, 6.45) is 6.24. The van der Waals surface area contributed by atoms with E-state index in [2.05, 4.69) is 164 Å². The summed E-state index contributed by atoms with van der Waals surface area (Å²) in [5.41, 5.74) is 14.9. The van der Waals surface area contributed by atoms with Gasteiger partial charge in [-0.05, 0) is 104 Å². The molecule has 1 aliphatic carbocycles. The summed E-state index contributed by atoms with van der Waals surface area (Å²) in [6, 6.07) is 50.5. The van der Waals surface area contributed by atoms with E-state index in [4.69, 9.17) is 9.97 Å². The lowest BCUT2D eigenvalue weighted by Gasteiger charge is -2.18.